The summed E-state index contributed by atoms with van der Waals surface area (Å²) in [6, 6.07) is 17.5. The van der Waals surface area contributed by atoms with E-state index in [2.05, 4.69) is 4.98 Å². The Morgan fingerprint density at radius 2 is 1.75 bits per heavy atom. The van der Waals surface area contributed by atoms with Gasteiger partial charge >= 0.3 is 0 Å². The normalized spacial score (nSPS) is 16.1. The Morgan fingerprint density at radius 1 is 1.07 bits per heavy atom. The van der Waals surface area contributed by atoms with Crippen molar-refractivity contribution in [1.29, 1.82) is 0 Å². The molecule has 0 unspecified atom stereocenters. The third kappa shape index (κ3) is 6.10. The number of hydrogen-bond donors (Lipinski definition) is 0. The molecule has 8 nitrogen and oxygen atoms in total. The Kier molecular flexibility index (Phi) is 8.05. The van der Waals surface area contributed by atoms with Crippen LogP contribution in [0.15, 0.2) is 71.7 Å². The van der Waals surface area contributed by atoms with Gasteiger partial charge in [-0.25, -0.2) is 18.4 Å². The summed E-state index contributed by atoms with van der Waals surface area (Å²) in [5.74, 6) is 0.489. The smallest absolute Gasteiger partial charge is 0.267 e. The van der Waals surface area contributed by atoms with E-state index >= 15 is 0 Å². The molecule has 1 fully saturated rings. The van der Waals surface area contributed by atoms with Crippen molar-refractivity contribution in [2.24, 2.45) is 5.92 Å². The maximum atomic E-state index is 13.9. The van der Waals surface area contributed by atoms with Crippen LogP contribution in [0.25, 0.3) is 16.7 Å². The lowest BCUT2D eigenvalue weighted by atomic mass is 10.00. The van der Waals surface area contributed by atoms with Crippen LogP contribution >= 0.6 is 11.6 Å². The first kappa shape index (κ1) is 28.0. The molecule has 1 aliphatic heterocycles. The van der Waals surface area contributed by atoms with E-state index in [-0.39, 0.29) is 35.3 Å². The van der Waals surface area contributed by atoms with Crippen LogP contribution in [-0.4, -0.2) is 51.8 Å². The van der Waals surface area contributed by atoms with E-state index in [9.17, 15) is 18.0 Å². The second-order valence-corrected chi connectivity index (χ2v) is 13.2. The van der Waals surface area contributed by atoms with Crippen molar-refractivity contribution in [3.63, 3.8) is 0 Å². The first-order valence-corrected chi connectivity index (χ1v) is 15.5. The highest BCUT2D eigenvalue weighted by Crippen LogP contribution is 2.28. The zero-order chi connectivity index (χ0) is 28.4. The van der Waals surface area contributed by atoms with E-state index in [0.717, 1.165) is 11.1 Å². The average molecular weight is 579 g/mol. The molecule has 4 aromatic rings. The molecule has 0 saturated carbocycles. The minimum atomic E-state index is -3.05. The summed E-state index contributed by atoms with van der Waals surface area (Å²) in [5.41, 5.74) is 2.56. The predicted octanol–water partition coefficient (Wildman–Crippen LogP) is 4.70. The van der Waals surface area contributed by atoms with Crippen LogP contribution in [0.4, 0.5) is 0 Å². The molecule has 0 spiro atoms. The molecule has 1 atom stereocenters. The molecule has 0 N–H and O–H groups in total. The molecule has 1 saturated heterocycles. The maximum Gasteiger partial charge on any atom is 0.267 e. The van der Waals surface area contributed by atoms with Crippen LogP contribution in [0, 0.1) is 12.8 Å². The minimum absolute atomic E-state index is 0.0160. The van der Waals surface area contributed by atoms with Crippen molar-refractivity contribution in [2.75, 3.05) is 18.1 Å². The van der Waals surface area contributed by atoms with Crippen LogP contribution in [0.1, 0.15) is 42.8 Å². The Morgan fingerprint density at radius 3 is 2.42 bits per heavy atom. The molecular formula is C30H31ClN4O4S. The Hall–Kier alpha value is -3.56. The number of amides is 1. The van der Waals surface area contributed by atoms with Crippen molar-refractivity contribution in [1.82, 2.24) is 19.4 Å². The lowest BCUT2D eigenvalue weighted by Gasteiger charge is -2.34. The molecule has 2 aromatic carbocycles. The van der Waals surface area contributed by atoms with Gasteiger partial charge in [0.25, 0.3) is 5.56 Å². The van der Waals surface area contributed by atoms with Gasteiger partial charge in [-0.05, 0) is 74.6 Å². The van der Waals surface area contributed by atoms with Crippen LogP contribution in [0.2, 0.25) is 5.02 Å². The monoisotopic (exact) mass is 578 g/mol. The van der Waals surface area contributed by atoms with Crippen molar-refractivity contribution < 1.29 is 13.2 Å². The number of carbonyl (C=O) groups excluding carboxylic acids is 1. The lowest BCUT2D eigenvalue weighted by Crippen LogP contribution is -2.42. The van der Waals surface area contributed by atoms with Gasteiger partial charge in [0.2, 0.25) is 5.91 Å². The fourth-order valence-corrected chi connectivity index (χ4v) is 6.87. The molecule has 10 heteroatoms. The summed E-state index contributed by atoms with van der Waals surface area (Å²) in [6.45, 7) is 4.21. The van der Waals surface area contributed by atoms with Gasteiger partial charge in [0.15, 0.2) is 5.65 Å². The zero-order valence-electron chi connectivity index (χ0n) is 22.5. The van der Waals surface area contributed by atoms with Gasteiger partial charge in [-0.2, -0.15) is 0 Å². The highest BCUT2D eigenvalue weighted by atomic mass is 35.5. The molecule has 1 aliphatic rings. The number of carbonyl (C=O) groups is 1. The second-order valence-electron chi connectivity index (χ2n) is 10.4. The molecule has 0 radical (unpaired) electrons. The number of halogens is 1. The zero-order valence-corrected chi connectivity index (χ0v) is 24.0. The Bertz CT molecular complexity index is 1690. The number of sulfone groups is 1. The second kappa shape index (κ2) is 11.5. The van der Waals surface area contributed by atoms with Gasteiger partial charge in [-0.15, -0.1) is 0 Å². The van der Waals surface area contributed by atoms with Crippen LogP contribution in [-0.2, 0) is 21.1 Å². The van der Waals surface area contributed by atoms with Gasteiger partial charge in [0.1, 0.15) is 15.7 Å². The van der Waals surface area contributed by atoms with Crippen LogP contribution in [0.5, 0.6) is 0 Å². The van der Waals surface area contributed by atoms with Crippen molar-refractivity contribution in [3.05, 3.63) is 99.2 Å². The van der Waals surface area contributed by atoms with E-state index in [1.807, 2.05) is 38.1 Å². The van der Waals surface area contributed by atoms with Gasteiger partial charge in [0.05, 0.1) is 35.0 Å². The van der Waals surface area contributed by atoms with Crippen molar-refractivity contribution >= 4 is 38.4 Å². The average Bonchev–Trinajstić information content (AvgIpc) is 2.94. The Balaban J connectivity index is 1.59. The highest BCUT2D eigenvalue weighted by molar-refractivity contribution is 7.91. The SMILES string of the molecule is Cc1ccc(CC(=O)N(CC2CCS(=O)(=O)CC2)[C@H](C)c2nc3ncccc3c(=O)n2-c2ccc(Cl)cc2)cc1. The number of pyridine rings is 1. The summed E-state index contributed by atoms with van der Waals surface area (Å²) in [4.78, 5) is 38.6. The molecular weight excluding hydrogens is 548 g/mol. The van der Waals surface area contributed by atoms with Gasteiger partial charge in [-0.1, -0.05) is 41.4 Å². The summed E-state index contributed by atoms with van der Waals surface area (Å²) in [5, 5.41) is 0.896. The highest BCUT2D eigenvalue weighted by Gasteiger charge is 2.32. The topological polar surface area (TPSA) is 102 Å². The fourth-order valence-electron chi connectivity index (χ4n) is 5.15. The third-order valence-corrected chi connectivity index (χ3v) is 9.49. The minimum Gasteiger partial charge on any atom is -0.332 e. The fraction of sp³-hybridized carbons (Fsp3) is 0.333. The third-order valence-electron chi connectivity index (χ3n) is 7.52. The number of benzene rings is 2. The molecule has 40 heavy (non-hydrogen) atoms. The number of nitrogens with zero attached hydrogens (tertiary/aromatic N) is 4. The number of hydrogen-bond acceptors (Lipinski definition) is 6. The molecule has 0 aliphatic carbocycles. The summed E-state index contributed by atoms with van der Waals surface area (Å²) in [7, 11) is -3.05. The van der Waals surface area contributed by atoms with Crippen LogP contribution in [0.3, 0.4) is 0 Å². The summed E-state index contributed by atoms with van der Waals surface area (Å²) < 4.78 is 25.7. The predicted molar refractivity (Wildman–Crippen MR) is 157 cm³/mol. The number of aromatic nitrogens is 3. The first-order valence-electron chi connectivity index (χ1n) is 13.3. The van der Waals surface area contributed by atoms with E-state index in [4.69, 9.17) is 16.6 Å². The van der Waals surface area contributed by atoms with Gasteiger partial charge in [0, 0.05) is 17.8 Å². The van der Waals surface area contributed by atoms with E-state index in [0.29, 0.717) is 47.0 Å². The number of fused-ring (bicyclic) bond motifs is 1. The maximum absolute atomic E-state index is 13.9. The summed E-state index contributed by atoms with van der Waals surface area (Å²) >= 11 is 6.13. The van der Waals surface area contributed by atoms with E-state index in [1.54, 1.807) is 47.5 Å². The number of aryl methyl sites for hydroxylation is 1. The van der Waals surface area contributed by atoms with Crippen LogP contribution < -0.4 is 5.56 Å². The quantitative estimate of drug-likeness (QED) is 0.315. The van der Waals surface area contributed by atoms with E-state index in [1.165, 1.54) is 4.57 Å². The molecule has 2 aromatic heterocycles. The van der Waals surface area contributed by atoms with Crippen molar-refractivity contribution in [3.8, 4) is 5.69 Å². The number of rotatable bonds is 7. The van der Waals surface area contributed by atoms with Gasteiger partial charge < -0.3 is 4.90 Å². The molecule has 3 heterocycles. The largest absolute Gasteiger partial charge is 0.332 e. The van der Waals surface area contributed by atoms with Gasteiger partial charge in [-0.3, -0.25) is 14.2 Å². The molecule has 208 valence electrons. The van der Waals surface area contributed by atoms with Crippen molar-refractivity contribution in [2.45, 2.75) is 39.2 Å². The summed E-state index contributed by atoms with van der Waals surface area (Å²) in [6.07, 6.45) is 2.73. The molecule has 0 bridgehead atoms. The standard InChI is InChI=1S/C30H31ClN4O4S/c1-20-5-7-22(8-6-20)18-27(36)34(19-23-13-16-40(38,39)17-14-23)21(2)29-33-28-26(4-3-15-32-28)30(37)35(29)25-11-9-24(31)10-12-25/h3-12,15,21,23H,13-14,16-19H2,1-2H3/t21-/m1/s1. The first-order chi connectivity index (χ1) is 19.1. The molecule has 5 rings (SSSR count). The molecule has 1 amide bonds. The van der Waals surface area contributed by atoms with E-state index < -0.39 is 15.9 Å². The lowest BCUT2D eigenvalue weighted by molar-refractivity contribution is -0.133. The Labute approximate surface area is 238 Å².